The summed E-state index contributed by atoms with van der Waals surface area (Å²) in [6.45, 7) is 3.85. The van der Waals surface area contributed by atoms with Gasteiger partial charge in [-0.2, -0.15) is 0 Å². The van der Waals surface area contributed by atoms with Crippen LogP contribution in [0.15, 0.2) is 24.3 Å². The van der Waals surface area contributed by atoms with E-state index in [1.807, 2.05) is 13.8 Å². The van der Waals surface area contributed by atoms with Crippen molar-refractivity contribution in [1.29, 1.82) is 0 Å². The maximum Gasteiger partial charge on any atom is 0.386 e. The number of aromatic hydroxyl groups is 1. The number of carbonyl (C=O) groups excluding carboxylic acids is 2. The highest BCUT2D eigenvalue weighted by molar-refractivity contribution is 5.89. The van der Waals surface area contributed by atoms with Gasteiger partial charge in [0.15, 0.2) is 0 Å². The van der Waals surface area contributed by atoms with E-state index in [4.69, 9.17) is 5.11 Å². The van der Waals surface area contributed by atoms with Gasteiger partial charge in [0, 0.05) is 0 Å². The molecule has 0 saturated carbocycles. The molecule has 104 valence electrons. The van der Waals surface area contributed by atoms with E-state index in [9.17, 15) is 9.59 Å². The molecule has 5 heteroatoms. The van der Waals surface area contributed by atoms with Crippen molar-refractivity contribution in [2.75, 3.05) is 0 Å². The lowest BCUT2D eigenvalue weighted by atomic mass is 10.0. The maximum atomic E-state index is 11.6. The zero-order valence-corrected chi connectivity index (χ0v) is 11.1. The van der Waals surface area contributed by atoms with Gasteiger partial charge in [0.05, 0.1) is 11.5 Å². The number of hydrogen-bond donors (Lipinski definition) is 1. The molecule has 0 radical (unpaired) electrons. The summed E-state index contributed by atoms with van der Waals surface area (Å²) in [4.78, 5) is 32.2. The fraction of sp³-hybridized carbons (Fsp3) is 0.429. The van der Waals surface area contributed by atoms with E-state index >= 15 is 0 Å². The second-order valence-corrected chi connectivity index (χ2v) is 4.21. The van der Waals surface area contributed by atoms with Crippen LogP contribution in [0.1, 0.15) is 43.5 Å². The molecule has 1 aromatic rings. The van der Waals surface area contributed by atoms with Gasteiger partial charge in [0.1, 0.15) is 5.75 Å². The van der Waals surface area contributed by atoms with E-state index in [1.165, 1.54) is 24.3 Å². The van der Waals surface area contributed by atoms with Crippen molar-refractivity contribution >= 4 is 11.9 Å². The van der Waals surface area contributed by atoms with E-state index < -0.39 is 11.9 Å². The van der Waals surface area contributed by atoms with Gasteiger partial charge in [-0.25, -0.2) is 19.4 Å². The summed E-state index contributed by atoms with van der Waals surface area (Å²) in [6.07, 6.45) is 2.20. The summed E-state index contributed by atoms with van der Waals surface area (Å²) in [5.41, 5.74) is 0.203. The van der Waals surface area contributed by atoms with Crippen LogP contribution in [0, 0.1) is 5.92 Å². The molecule has 0 aliphatic heterocycles. The molecule has 0 spiro atoms. The molecule has 0 fully saturated rings. The first-order valence-electron chi connectivity index (χ1n) is 6.30. The zero-order valence-electron chi connectivity index (χ0n) is 11.1. The fourth-order valence-electron chi connectivity index (χ4n) is 1.63. The molecule has 0 saturated heterocycles. The predicted molar refractivity (Wildman–Crippen MR) is 68.3 cm³/mol. The van der Waals surface area contributed by atoms with Crippen molar-refractivity contribution in [3.63, 3.8) is 0 Å². The SMILES string of the molecule is CCC[C@@H](CC)C(=O)OOC(=O)c1ccc(O)cc1. The van der Waals surface area contributed by atoms with Gasteiger partial charge in [-0.1, -0.05) is 20.3 Å². The van der Waals surface area contributed by atoms with E-state index in [-0.39, 0.29) is 17.2 Å². The van der Waals surface area contributed by atoms with Gasteiger partial charge in [-0.3, -0.25) is 0 Å². The van der Waals surface area contributed by atoms with Crippen molar-refractivity contribution in [3.05, 3.63) is 29.8 Å². The van der Waals surface area contributed by atoms with Crippen LogP contribution in [0.25, 0.3) is 0 Å². The van der Waals surface area contributed by atoms with Crippen LogP contribution in [-0.4, -0.2) is 17.0 Å². The minimum Gasteiger partial charge on any atom is -0.508 e. The van der Waals surface area contributed by atoms with Gasteiger partial charge in [-0.15, -0.1) is 0 Å². The summed E-state index contributed by atoms with van der Waals surface area (Å²) in [6, 6.07) is 5.47. The molecular weight excluding hydrogens is 248 g/mol. The Bertz CT molecular complexity index is 424. The molecule has 0 amide bonds. The van der Waals surface area contributed by atoms with E-state index in [1.54, 1.807) is 0 Å². The Morgan fingerprint density at radius 3 is 2.32 bits per heavy atom. The number of phenolic OH excluding ortho intramolecular Hbond substituents is 1. The predicted octanol–water partition coefficient (Wildman–Crippen LogP) is 2.83. The summed E-state index contributed by atoms with van der Waals surface area (Å²) >= 11 is 0. The molecule has 0 heterocycles. The molecule has 1 N–H and O–H groups in total. The summed E-state index contributed by atoms with van der Waals surface area (Å²) in [7, 11) is 0. The van der Waals surface area contributed by atoms with Crippen molar-refractivity contribution < 1.29 is 24.5 Å². The third kappa shape index (κ3) is 4.62. The van der Waals surface area contributed by atoms with E-state index in [0.29, 0.717) is 12.8 Å². The molecule has 0 aliphatic rings. The minimum absolute atomic E-state index is 0.0440. The molecule has 5 nitrogen and oxygen atoms in total. The topological polar surface area (TPSA) is 72.8 Å². The second-order valence-electron chi connectivity index (χ2n) is 4.21. The Labute approximate surface area is 112 Å². The summed E-state index contributed by atoms with van der Waals surface area (Å²) < 4.78 is 0. The van der Waals surface area contributed by atoms with Crippen LogP contribution in [0.5, 0.6) is 5.75 Å². The Hall–Kier alpha value is -2.04. The van der Waals surface area contributed by atoms with Crippen LogP contribution in [0.2, 0.25) is 0 Å². The first-order valence-corrected chi connectivity index (χ1v) is 6.30. The van der Waals surface area contributed by atoms with E-state index in [2.05, 4.69) is 9.78 Å². The van der Waals surface area contributed by atoms with Crippen molar-refractivity contribution in [3.8, 4) is 5.75 Å². The highest BCUT2D eigenvalue weighted by Gasteiger charge is 2.20. The van der Waals surface area contributed by atoms with Gasteiger partial charge in [0.25, 0.3) is 0 Å². The van der Waals surface area contributed by atoms with E-state index in [0.717, 1.165) is 6.42 Å². The Morgan fingerprint density at radius 2 is 1.79 bits per heavy atom. The number of rotatable bonds is 5. The average Bonchev–Trinajstić information content (AvgIpc) is 2.42. The van der Waals surface area contributed by atoms with Crippen LogP contribution in [0.3, 0.4) is 0 Å². The summed E-state index contributed by atoms with van der Waals surface area (Å²) in [5, 5.41) is 9.08. The van der Waals surface area contributed by atoms with Crippen molar-refractivity contribution in [2.45, 2.75) is 33.1 Å². The van der Waals surface area contributed by atoms with Gasteiger partial charge >= 0.3 is 11.9 Å². The quantitative estimate of drug-likeness (QED) is 0.655. The number of phenols is 1. The first-order chi connectivity index (χ1) is 9.08. The first kappa shape index (κ1) is 15.0. The smallest absolute Gasteiger partial charge is 0.386 e. The highest BCUT2D eigenvalue weighted by Crippen LogP contribution is 2.14. The fourth-order valence-corrected chi connectivity index (χ4v) is 1.63. The molecule has 0 aliphatic carbocycles. The lowest BCUT2D eigenvalue weighted by molar-refractivity contribution is -0.238. The molecule has 19 heavy (non-hydrogen) atoms. The molecule has 0 aromatic heterocycles. The monoisotopic (exact) mass is 266 g/mol. The molecule has 1 aromatic carbocycles. The van der Waals surface area contributed by atoms with Crippen molar-refractivity contribution in [1.82, 2.24) is 0 Å². The van der Waals surface area contributed by atoms with Crippen LogP contribution < -0.4 is 0 Å². The second kappa shape index (κ2) is 7.41. The summed E-state index contributed by atoms with van der Waals surface area (Å²) in [5.74, 6) is -1.50. The Morgan fingerprint density at radius 1 is 1.16 bits per heavy atom. The van der Waals surface area contributed by atoms with Gasteiger partial charge < -0.3 is 5.11 Å². The highest BCUT2D eigenvalue weighted by atomic mass is 17.2. The lowest BCUT2D eigenvalue weighted by Crippen LogP contribution is -2.19. The number of carbonyl (C=O) groups is 2. The van der Waals surface area contributed by atoms with Crippen molar-refractivity contribution in [2.24, 2.45) is 5.92 Å². The Balaban J connectivity index is 2.49. The number of hydrogen-bond acceptors (Lipinski definition) is 5. The lowest BCUT2D eigenvalue weighted by Gasteiger charge is -2.10. The molecule has 0 bridgehead atoms. The molecule has 1 atom stereocenters. The third-order valence-corrected chi connectivity index (χ3v) is 2.77. The van der Waals surface area contributed by atoms with Crippen LogP contribution in [-0.2, 0) is 14.6 Å². The van der Waals surface area contributed by atoms with Gasteiger partial charge in [0.2, 0.25) is 0 Å². The molecular formula is C14H18O5. The largest absolute Gasteiger partial charge is 0.508 e. The van der Waals surface area contributed by atoms with Crippen LogP contribution in [0.4, 0.5) is 0 Å². The normalized spacial score (nSPS) is 11.7. The Kier molecular flexibility index (Phi) is 5.85. The van der Waals surface area contributed by atoms with Crippen LogP contribution >= 0.6 is 0 Å². The maximum absolute atomic E-state index is 11.6. The standard InChI is InChI=1S/C14H18O5/c1-3-5-10(4-2)13(16)18-19-14(17)11-6-8-12(15)9-7-11/h6-10,15H,3-5H2,1-2H3/t10-/m1/s1. The zero-order chi connectivity index (χ0) is 14.3. The number of benzene rings is 1. The third-order valence-electron chi connectivity index (χ3n) is 2.77. The van der Waals surface area contributed by atoms with Gasteiger partial charge in [-0.05, 0) is 37.1 Å². The molecule has 0 unspecified atom stereocenters. The minimum atomic E-state index is -0.764. The molecule has 1 rings (SSSR count). The average molecular weight is 266 g/mol.